The standard InChI is InChI=1S/C34H46ClN3O5S/c1-21-14-27(37(3)4)17-31(39)28-10-7-25(28)18-38-19-34(13-5-6-23-15-26(35)9-11-29(23)34)20-43-32-12-8-24(16-30(32)38)33(40)36-44(41,42)22(21)2/h8-9,11-12,15-16,21-22,25,27-28,31,39H,5-7,10,13-14,17-20H2,1-4H3,(H,36,40)/t21?,22-,25+,27+,28-,31+,34+/m1/s1. The van der Waals surface area contributed by atoms with Crippen molar-refractivity contribution in [2.24, 2.45) is 17.8 Å². The van der Waals surface area contributed by atoms with Crippen LogP contribution in [0, 0.1) is 17.8 Å². The van der Waals surface area contributed by atoms with Gasteiger partial charge in [-0.2, -0.15) is 0 Å². The third-order valence-electron chi connectivity index (χ3n) is 11.1. The summed E-state index contributed by atoms with van der Waals surface area (Å²) in [7, 11) is 0.0311. The largest absolute Gasteiger partial charge is 0.490 e. The predicted octanol–water partition coefficient (Wildman–Crippen LogP) is 5.01. The molecule has 0 aromatic heterocycles. The zero-order valence-electron chi connectivity index (χ0n) is 26.3. The molecule has 4 aliphatic rings. The molecule has 2 aliphatic carbocycles. The summed E-state index contributed by atoms with van der Waals surface area (Å²) in [5, 5.41) is 11.5. The zero-order chi connectivity index (χ0) is 31.4. The minimum absolute atomic E-state index is 0.0160. The molecule has 1 saturated carbocycles. The lowest BCUT2D eigenvalue weighted by atomic mass is 9.67. The maximum Gasteiger partial charge on any atom is 0.264 e. The van der Waals surface area contributed by atoms with Crippen LogP contribution in [0.1, 0.15) is 73.9 Å². The van der Waals surface area contributed by atoms with Crippen LogP contribution >= 0.6 is 11.6 Å². The summed E-state index contributed by atoms with van der Waals surface area (Å²) in [6, 6.07) is 11.5. The van der Waals surface area contributed by atoms with Crippen molar-refractivity contribution in [1.29, 1.82) is 0 Å². The van der Waals surface area contributed by atoms with Gasteiger partial charge in [-0.1, -0.05) is 24.6 Å². The van der Waals surface area contributed by atoms with Crippen molar-refractivity contribution in [2.75, 3.05) is 38.7 Å². The Balaban J connectivity index is 1.42. The molecule has 7 atom stereocenters. The monoisotopic (exact) mass is 643 g/mol. The number of aryl methyl sites for hydroxylation is 1. The molecule has 0 radical (unpaired) electrons. The van der Waals surface area contributed by atoms with Crippen molar-refractivity contribution in [3.63, 3.8) is 0 Å². The second kappa shape index (κ2) is 12.1. The molecule has 2 aromatic rings. The van der Waals surface area contributed by atoms with Gasteiger partial charge in [-0.3, -0.25) is 4.79 Å². The van der Waals surface area contributed by atoms with E-state index in [1.807, 2.05) is 27.1 Å². The van der Waals surface area contributed by atoms with Gasteiger partial charge in [0, 0.05) is 35.1 Å². The minimum atomic E-state index is -3.94. The molecular formula is C34H46ClN3O5S. The van der Waals surface area contributed by atoms with E-state index in [2.05, 4.69) is 26.7 Å². The Morgan fingerprint density at radius 1 is 1.11 bits per heavy atom. The summed E-state index contributed by atoms with van der Waals surface area (Å²) in [6.45, 7) is 5.51. The molecule has 2 heterocycles. The maximum atomic E-state index is 13.5. The van der Waals surface area contributed by atoms with Gasteiger partial charge in [0.15, 0.2) is 0 Å². The predicted molar refractivity (Wildman–Crippen MR) is 174 cm³/mol. The number of hydrogen-bond acceptors (Lipinski definition) is 7. The number of nitrogens with zero attached hydrogens (tertiary/aromatic N) is 2. The highest BCUT2D eigenvalue weighted by Crippen LogP contribution is 2.47. The first-order chi connectivity index (χ1) is 20.9. The van der Waals surface area contributed by atoms with Crippen LogP contribution in [0.2, 0.25) is 5.02 Å². The lowest BCUT2D eigenvalue weighted by Gasteiger charge is -2.46. The Morgan fingerprint density at radius 3 is 2.64 bits per heavy atom. The number of hydrogen-bond donors (Lipinski definition) is 2. The molecule has 1 amide bonds. The number of amides is 1. The van der Waals surface area contributed by atoms with Crippen LogP contribution in [0.25, 0.3) is 0 Å². The van der Waals surface area contributed by atoms with E-state index in [-0.39, 0.29) is 28.9 Å². The number of anilines is 1. The molecule has 8 nitrogen and oxygen atoms in total. The average Bonchev–Trinajstić information content (AvgIpc) is 3.10. The second-order valence-corrected chi connectivity index (χ2v) is 16.6. The van der Waals surface area contributed by atoms with E-state index in [9.17, 15) is 18.3 Å². The van der Waals surface area contributed by atoms with Gasteiger partial charge in [0.25, 0.3) is 5.91 Å². The lowest BCUT2D eigenvalue weighted by Crippen LogP contribution is -2.50. The van der Waals surface area contributed by atoms with Crippen LogP contribution in [0.5, 0.6) is 5.75 Å². The molecule has 2 aliphatic heterocycles. The van der Waals surface area contributed by atoms with Gasteiger partial charge in [-0.15, -0.1) is 0 Å². The summed E-state index contributed by atoms with van der Waals surface area (Å²) in [5.74, 6) is 0.303. The van der Waals surface area contributed by atoms with Crippen LogP contribution < -0.4 is 14.4 Å². The van der Waals surface area contributed by atoms with E-state index in [1.165, 1.54) is 11.1 Å². The van der Waals surface area contributed by atoms with Gasteiger partial charge in [0.05, 0.1) is 23.6 Å². The molecule has 44 heavy (non-hydrogen) atoms. The number of nitrogens with one attached hydrogen (secondary N) is 1. The van der Waals surface area contributed by atoms with Gasteiger partial charge in [-0.25, -0.2) is 13.1 Å². The molecule has 10 heteroatoms. The molecule has 0 saturated heterocycles. The third-order valence-corrected chi connectivity index (χ3v) is 13.3. The van der Waals surface area contributed by atoms with Crippen molar-refractivity contribution < 1.29 is 23.1 Å². The number of aliphatic hydroxyl groups is 1. The van der Waals surface area contributed by atoms with Gasteiger partial charge in [0.2, 0.25) is 10.0 Å². The minimum Gasteiger partial charge on any atom is -0.490 e. The molecule has 1 unspecified atom stereocenters. The van der Waals surface area contributed by atoms with Crippen LogP contribution in [-0.4, -0.2) is 75.5 Å². The van der Waals surface area contributed by atoms with Gasteiger partial charge < -0.3 is 19.6 Å². The number of halogens is 1. The Labute approximate surface area is 267 Å². The third kappa shape index (κ3) is 5.97. The summed E-state index contributed by atoms with van der Waals surface area (Å²) < 4.78 is 35.8. The number of carbonyl (C=O) groups excluding carboxylic acids is 1. The Hall–Kier alpha value is -2.33. The fraction of sp³-hybridized carbons (Fsp3) is 0.618. The number of fused-ring (bicyclic) bond motifs is 4. The fourth-order valence-electron chi connectivity index (χ4n) is 8.05. The highest BCUT2D eigenvalue weighted by Gasteiger charge is 2.45. The topological polar surface area (TPSA) is 99.2 Å². The maximum absolute atomic E-state index is 13.5. The zero-order valence-corrected chi connectivity index (χ0v) is 27.8. The van der Waals surface area contributed by atoms with Gasteiger partial charge in [0.1, 0.15) is 5.75 Å². The molecular weight excluding hydrogens is 598 g/mol. The van der Waals surface area contributed by atoms with E-state index < -0.39 is 27.3 Å². The summed E-state index contributed by atoms with van der Waals surface area (Å²) in [6.07, 6.45) is 5.68. The van der Waals surface area contributed by atoms with E-state index in [0.29, 0.717) is 37.7 Å². The highest BCUT2D eigenvalue weighted by molar-refractivity contribution is 7.90. The second-order valence-electron chi connectivity index (χ2n) is 14.1. The van der Waals surface area contributed by atoms with Gasteiger partial charge in [-0.05, 0) is 125 Å². The first-order valence-electron chi connectivity index (χ1n) is 16.1. The van der Waals surface area contributed by atoms with Crippen molar-refractivity contribution in [3.05, 3.63) is 58.1 Å². The molecule has 2 bridgehead atoms. The van der Waals surface area contributed by atoms with Crippen LogP contribution in [0.4, 0.5) is 5.69 Å². The highest BCUT2D eigenvalue weighted by atomic mass is 35.5. The molecule has 1 fully saturated rings. The number of carbonyl (C=O) groups is 1. The number of ether oxygens (including phenoxy) is 1. The van der Waals surface area contributed by atoms with E-state index in [0.717, 1.165) is 49.4 Å². The van der Waals surface area contributed by atoms with E-state index in [4.69, 9.17) is 16.3 Å². The van der Waals surface area contributed by atoms with Crippen molar-refractivity contribution >= 4 is 33.2 Å². The summed E-state index contributed by atoms with van der Waals surface area (Å²) in [4.78, 5) is 17.9. The number of benzene rings is 2. The lowest BCUT2D eigenvalue weighted by molar-refractivity contribution is -0.00542. The molecule has 1 spiro atoms. The SMILES string of the molecule is CC1C[C@H](N(C)C)C[C@H](O)[C@@H]2CC[C@H]2CN2C[C@@]3(CCCc4cc(Cl)ccc43)COc3ccc(cc32)C(=O)NS(=O)(=O)[C@@H]1C. The summed E-state index contributed by atoms with van der Waals surface area (Å²) >= 11 is 6.41. The van der Waals surface area contributed by atoms with Crippen molar-refractivity contribution in [1.82, 2.24) is 9.62 Å². The normalized spacial score (nSPS) is 33.8. The van der Waals surface area contributed by atoms with Crippen molar-refractivity contribution in [3.8, 4) is 5.75 Å². The number of sulfonamides is 1. The molecule has 6 rings (SSSR count). The number of rotatable bonds is 1. The van der Waals surface area contributed by atoms with Crippen LogP contribution in [0.15, 0.2) is 36.4 Å². The van der Waals surface area contributed by atoms with E-state index in [1.54, 1.807) is 25.1 Å². The van der Waals surface area contributed by atoms with Crippen LogP contribution in [0.3, 0.4) is 0 Å². The van der Waals surface area contributed by atoms with Crippen LogP contribution in [-0.2, 0) is 21.9 Å². The quantitative estimate of drug-likeness (QED) is 0.451. The summed E-state index contributed by atoms with van der Waals surface area (Å²) in [5.41, 5.74) is 3.35. The Kier molecular flexibility index (Phi) is 8.72. The Bertz CT molecular complexity index is 1520. The molecule has 240 valence electrons. The van der Waals surface area contributed by atoms with Crippen molar-refractivity contribution in [2.45, 2.75) is 81.6 Å². The first-order valence-corrected chi connectivity index (χ1v) is 18.0. The molecule has 2 N–H and O–H groups in total. The fourth-order valence-corrected chi connectivity index (χ4v) is 9.53. The number of aliphatic hydroxyl groups excluding tert-OH is 1. The Morgan fingerprint density at radius 2 is 1.91 bits per heavy atom. The van der Waals surface area contributed by atoms with Gasteiger partial charge >= 0.3 is 0 Å². The smallest absolute Gasteiger partial charge is 0.264 e. The van der Waals surface area contributed by atoms with E-state index >= 15 is 0 Å². The molecule has 2 aromatic carbocycles. The first kappa shape index (κ1) is 31.6. The average molecular weight is 644 g/mol.